The summed E-state index contributed by atoms with van der Waals surface area (Å²) in [5, 5.41) is 7.40. The lowest BCUT2D eigenvalue weighted by atomic mass is 9.97. The zero-order valence-corrected chi connectivity index (χ0v) is 16.0. The number of aryl methyl sites for hydroxylation is 1. The number of nitrogens with zero attached hydrogens (tertiary/aromatic N) is 3. The van der Waals surface area contributed by atoms with E-state index in [0.717, 1.165) is 36.9 Å². The van der Waals surface area contributed by atoms with Crippen molar-refractivity contribution < 1.29 is 9.21 Å². The molecule has 0 saturated heterocycles. The Morgan fingerprint density at radius 1 is 1.36 bits per heavy atom. The SMILES string of the molecule is CC(C)CC(=O)Nc1cc(-c2ccco2)nn1-c1nc2c(c(=O)[nH]1)CCCC2. The Morgan fingerprint density at radius 2 is 2.18 bits per heavy atom. The molecule has 0 spiro atoms. The summed E-state index contributed by atoms with van der Waals surface area (Å²) in [4.78, 5) is 32.3. The van der Waals surface area contributed by atoms with E-state index >= 15 is 0 Å². The highest BCUT2D eigenvalue weighted by molar-refractivity contribution is 5.90. The van der Waals surface area contributed by atoms with Crippen LogP contribution < -0.4 is 10.9 Å². The molecule has 0 saturated carbocycles. The van der Waals surface area contributed by atoms with Crippen LogP contribution in [0.15, 0.2) is 33.7 Å². The predicted octanol–water partition coefficient (Wildman–Crippen LogP) is 3.08. The van der Waals surface area contributed by atoms with Crippen LogP contribution in [-0.4, -0.2) is 25.7 Å². The fraction of sp³-hybridized carbons (Fsp3) is 0.400. The third-order valence-electron chi connectivity index (χ3n) is 4.72. The van der Waals surface area contributed by atoms with Gasteiger partial charge >= 0.3 is 0 Å². The first-order chi connectivity index (χ1) is 13.5. The second-order valence-corrected chi connectivity index (χ2v) is 7.47. The molecule has 4 rings (SSSR count). The van der Waals surface area contributed by atoms with E-state index < -0.39 is 0 Å². The van der Waals surface area contributed by atoms with Crippen molar-refractivity contribution in [3.63, 3.8) is 0 Å². The van der Waals surface area contributed by atoms with Gasteiger partial charge < -0.3 is 9.73 Å². The molecule has 1 amide bonds. The number of carbonyl (C=O) groups excluding carboxylic acids is 1. The number of furan rings is 1. The van der Waals surface area contributed by atoms with Gasteiger partial charge in [0.1, 0.15) is 11.5 Å². The number of aromatic amines is 1. The molecule has 1 aliphatic rings. The molecule has 8 heteroatoms. The number of hydrogen-bond acceptors (Lipinski definition) is 5. The second kappa shape index (κ2) is 7.46. The van der Waals surface area contributed by atoms with E-state index in [1.807, 2.05) is 13.8 Å². The van der Waals surface area contributed by atoms with Crippen molar-refractivity contribution >= 4 is 11.7 Å². The van der Waals surface area contributed by atoms with Gasteiger partial charge in [0.25, 0.3) is 5.56 Å². The van der Waals surface area contributed by atoms with Gasteiger partial charge in [-0.05, 0) is 43.7 Å². The van der Waals surface area contributed by atoms with E-state index in [1.165, 1.54) is 4.68 Å². The summed E-state index contributed by atoms with van der Waals surface area (Å²) in [6, 6.07) is 5.27. The van der Waals surface area contributed by atoms with E-state index in [-0.39, 0.29) is 17.4 Å². The van der Waals surface area contributed by atoms with Crippen LogP contribution >= 0.6 is 0 Å². The summed E-state index contributed by atoms with van der Waals surface area (Å²) in [5.74, 6) is 1.41. The first-order valence-electron chi connectivity index (χ1n) is 9.57. The largest absolute Gasteiger partial charge is 0.463 e. The molecule has 0 aromatic carbocycles. The van der Waals surface area contributed by atoms with Gasteiger partial charge in [0.15, 0.2) is 5.76 Å². The number of nitrogens with one attached hydrogen (secondary N) is 2. The molecular weight excluding hydrogens is 358 g/mol. The Hall–Kier alpha value is -3.16. The Kier molecular flexibility index (Phi) is 4.85. The second-order valence-electron chi connectivity index (χ2n) is 7.47. The van der Waals surface area contributed by atoms with Crippen LogP contribution in [0.4, 0.5) is 5.82 Å². The van der Waals surface area contributed by atoms with Crippen LogP contribution in [-0.2, 0) is 17.6 Å². The molecule has 0 aliphatic heterocycles. The van der Waals surface area contributed by atoms with Crippen LogP contribution in [0.3, 0.4) is 0 Å². The summed E-state index contributed by atoms with van der Waals surface area (Å²) in [5.41, 5.74) is 1.96. The predicted molar refractivity (Wildman–Crippen MR) is 104 cm³/mol. The van der Waals surface area contributed by atoms with Crippen molar-refractivity contribution in [3.05, 3.63) is 46.1 Å². The van der Waals surface area contributed by atoms with Crippen molar-refractivity contribution in [2.24, 2.45) is 5.92 Å². The van der Waals surface area contributed by atoms with Crippen molar-refractivity contribution in [3.8, 4) is 17.4 Å². The number of hydrogen-bond donors (Lipinski definition) is 2. The molecule has 0 unspecified atom stereocenters. The van der Waals surface area contributed by atoms with Crippen LogP contribution in [0.25, 0.3) is 17.4 Å². The minimum Gasteiger partial charge on any atom is -0.463 e. The highest BCUT2D eigenvalue weighted by Gasteiger charge is 2.20. The summed E-state index contributed by atoms with van der Waals surface area (Å²) in [6.07, 6.45) is 5.47. The van der Waals surface area contributed by atoms with E-state index in [2.05, 4.69) is 20.4 Å². The summed E-state index contributed by atoms with van der Waals surface area (Å²) in [7, 11) is 0. The van der Waals surface area contributed by atoms with E-state index in [1.54, 1.807) is 24.5 Å². The van der Waals surface area contributed by atoms with E-state index in [0.29, 0.717) is 29.6 Å². The highest BCUT2D eigenvalue weighted by Crippen LogP contribution is 2.25. The topological polar surface area (TPSA) is 106 Å². The average molecular weight is 381 g/mol. The molecule has 0 radical (unpaired) electrons. The lowest BCUT2D eigenvalue weighted by Crippen LogP contribution is -2.25. The minimum atomic E-state index is -0.144. The van der Waals surface area contributed by atoms with Gasteiger partial charge in [0.05, 0.1) is 12.0 Å². The maximum atomic E-state index is 12.5. The first kappa shape index (κ1) is 18.2. The summed E-state index contributed by atoms with van der Waals surface area (Å²) < 4.78 is 6.89. The van der Waals surface area contributed by atoms with Gasteiger partial charge in [-0.3, -0.25) is 14.6 Å². The number of rotatable bonds is 5. The van der Waals surface area contributed by atoms with Gasteiger partial charge in [-0.2, -0.15) is 9.78 Å². The zero-order valence-electron chi connectivity index (χ0n) is 16.0. The van der Waals surface area contributed by atoms with Gasteiger partial charge in [-0.15, -0.1) is 0 Å². The molecule has 3 aromatic rings. The Labute approximate surface area is 162 Å². The van der Waals surface area contributed by atoms with Gasteiger partial charge in [0.2, 0.25) is 11.9 Å². The third-order valence-corrected chi connectivity index (χ3v) is 4.72. The monoisotopic (exact) mass is 381 g/mol. The highest BCUT2D eigenvalue weighted by atomic mass is 16.3. The molecule has 28 heavy (non-hydrogen) atoms. The molecule has 146 valence electrons. The summed E-state index contributed by atoms with van der Waals surface area (Å²) in [6.45, 7) is 3.96. The number of carbonyl (C=O) groups is 1. The van der Waals surface area contributed by atoms with E-state index in [4.69, 9.17) is 4.42 Å². The number of amides is 1. The lowest BCUT2D eigenvalue weighted by Gasteiger charge is -2.15. The van der Waals surface area contributed by atoms with Gasteiger partial charge in [-0.1, -0.05) is 13.8 Å². The van der Waals surface area contributed by atoms with Crippen molar-refractivity contribution in [1.82, 2.24) is 19.7 Å². The first-order valence-corrected chi connectivity index (χ1v) is 9.57. The molecule has 8 nitrogen and oxygen atoms in total. The lowest BCUT2D eigenvalue weighted by molar-refractivity contribution is -0.116. The average Bonchev–Trinajstić information content (AvgIpc) is 3.30. The van der Waals surface area contributed by atoms with Crippen LogP contribution in [0.1, 0.15) is 44.4 Å². The zero-order chi connectivity index (χ0) is 19.7. The maximum absolute atomic E-state index is 12.5. The quantitative estimate of drug-likeness (QED) is 0.706. The number of fused-ring (bicyclic) bond motifs is 1. The Bertz CT molecular complexity index is 1050. The molecule has 2 N–H and O–H groups in total. The van der Waals surface area contributed by atoms with Crippen LogP contribution in [0.5, 0.6) is 0 Å². The normalized spacial score (nSPS) is 13.5. The van der Waals surface area contributed by atoms with Crippen LogP contribution in [0, 0.1) is 5.92 Å². The Morgan fingerprint density at radius 3 is 2.93 bits per heavy atom. The number of aromatic nitrogens is 4. The van der Waals surface area contributed by atoms with Gasteiger partial charge in [0, 0.05) is 18.1 Å². The molecule has 1 aliphatic carbocycles. The molecule has 0 atom stereocenters. The van der Waals surface area contributed by atoms with Crippen molar-refractivity contribution in [1.29, 1.82) is 0 Å². The van der Waals surface area contributed by atoms with E-state index in [9.17, 15) is 9.59 Å². The fourth-order valence-corrected chi connectivity index (χ4v) is 3.43. The van der Waals surface area contributed by atoms with Crippen molar-refractivity contribution in [2.45, 2.75) is 46.0 Å². The molecule has 3 heterocycles. The maximum Gasteiger partial charge on any atom is 0.255 e. The Balaban J connectivity index is 1.77. The molecule has 0 bridgehead atoms. The smallest absolute Gasteiger partial charge is 0.255 e. The fourth-order valence-electron chi connectivity index (χ4n) is 3.43. The summed E-state index contributed by atoms with van der Waals surface area (Å²) >= 11 is 0. The molecule has 3 aromatic heterocycles. The third kappa shape index (κ3) is 3.62. The van der Waals surface area contributed by atoms with Crippen molar-refractivity contribution in [2.75, 3.05) is 5.32 Å². The molecular formula is C20H23N5O3. The van der Waals surface area contributed by atoms with Gasteiger partial charge in [-0.25, -0.2) is 4.98 Å². The minimum absolute atomic E-state index is 0.123. The number of H-pyrrole nitrogens is 1. The molecule has 0 fully saturated rings. The number of anilines is 1. The van der Waals surface area contributed by atoms with Crippen LogP contribution in [0.2, 0.25) is 0 Å². The standard InChI is InChI=1S/C20H23N5O3/c1-12(2)10-18(26)22-17-11-15(16-8-5-9-28-16)24-25(17)20-21-14-7-4-3-6-13(14)19(27)23-20/h5,8-9,11-12H,3-4,6-7,10H2,1-2H3,(H,22,26)(H,21,23,27).